The third-order valence-corrected chi connectivity index (χ3v) is 6.67. The molecule has 36 heavy (non-hydrogen) atoms. The Labute approximate surface area is 207 Å². The van der Waals surface area contributed by atoms with Crippen molar-refractivity contribution in [3.63, 3.8) is 0 Å². The van der Waals surface area contributed by atoms with Gasteiger partial charge in [-0.15, -0.1) is 0 Å². The molecule has 12 heteroatoms. The first-order valence-corrected chi connectivity index (χ1v) is 11.7. The highest BCUT2D eigenvalue weighted by molar-refractivity contribution is 5.96. The van der Waals surface area contributed by atoms with Crippen LogP contribution in [-0.4, -0.2) is 78.3 Å². The molecule has 0 spiro atoms. The molecule has 4 N–H and O–H groups in total. The van der Waals surface area contributed by atoms with Crippen LogP contribution in [0.2, 0.25) is 0 Å². The molecule has 2 saturated heterocycles. The second-order valence-corrected chi connectivity index (χ2v) is 8.82. The van der Waals surface area contributed by atoms with Crippen molar-refractivity contribution < 1.29 is 18.7 Å². The Morgan fingerprint density at radius 1 is 1.31 bits per heavy atom. The van der Waals surface area contributed by atoms with Crippen molar-refractivity contribution in [2.24, 2.45) is 0 Å². The Morgan fingerprint density at radius 3 is 2.72 bits per heavy atom. The number of nitrogens with one attached hydrogen (secondary N) is 4. The van der Waals surface area contributed by atoms with E-state index in [1.165, 1.54) is 19.2 Å². The van der Waals surface area contributed by atoms with Gasteiger partial charge in [-0.2, -0.15) is 15.2 Å². The molecule has 2 aliphatic heterocycles. The molecule has 0 unspecified atom stereocenters. The van der Waals surface area contributed by atoms with E-state index in [4.69, 9.17) is 9.47 Å². The maximum Gasteiger partial charge on any atom is 0.254 e. The lowest BCUT2D eigenvalue weighted by molar-refractivity contribution is -0.0716. The minimum Gasteiger partial charge on any atom is -0.495 e. The van der Waals surface area contributed by atoms with Crippen LogP contribution < -0.4 is 20.7 Å². The fraction of sp³-hybridized carbons (Fsp3) is 0.417. The zero-order valence-electron chi connectivity index (χ0n) is 20.0. The summed E-state index contributed by atoms with van der Waals surface area (Å²) in [5.74, 6) is -0.307. The SMILES string of the molecule is CNc1nc(Nc2cc(F)c(C(=O)NC3CCN(C4COC4)CC3)cc2OC)nc2[nH]cc(C#N)c12. The van der Waals surface area contributed by atoms with E-state index in [2.05, 4.69) is 41.9 Å². The van der Waals surface area contributed by atoms with Crippen molar-refractivity contribution in [2.45, 2.75) is 24.9 Å². The molecular weight excluding hydrogens is 467 g/mol. The van der Waals surface area contributed by atoms with Gasteiger partial charge >= 0.3 is 0 Å². The van der Waals surface area contributed by atoms with Gasteiger partial charge in [-0.3, -0.25) is 9.69 Å². The zero-order valence-corrected chi connectivity index (χ0v) is 20.0. The minimum atomic E-state index is -0.693. The van der Waals surface area contributed by atoms with Crippen LogP contribution in [0.15, 0.2) is 18.3 Å². The minimum absolute atomic E-state index is 0.0165. The summed E-state index contributed by atoms with van der Waals surface area (Å²) in [5.41, 5.74) is 1.01. The number of likely N-dealkylation sites (tertiary alicyclic amines) is 1. The van der Waals surface area contributed by atoms with E-state index in [1.807, 2.05) is 0 Å². The Balaban J connectivity index is 1.32. The van der Waals surface area contributed by atoms with Crippen molar-refractivity contribution in [1.29, 1.82) is 5.26 Å². The van der Waals surface area contributed by atoms with Gasteiger partial charge in [0.15, 0.2) is 0 Å². The maximum atomic E-state index is 15.1. The highest BCUT2D eigenvalue weighted by atomic mass is 19.1. The van der Waals surface area contributed by atoms with Crippen molar-refractivity contribution in [1.82, 2.24) is 25.2 Å². The van der Waals surface area contributed by atoms with Crippen LogP contribution >= 0.6 is 0 Å². The number of piperidine rings is 1. The Morgan fingerprint density at radius 2 is 2.08 bits per heavy atom. The number of rotatable bonds is 7. The van der Waals surface area contributed by atoms with Gasteiger partial charge in [-0.1, -0.05) is 0 Å². The molecule has 4 heterocycles. The maximum absolute atomic E-state index is 15.1. The number of amides is 1. The molecule has 0 bridgehead atoms. The van der Waals surface area contributed by atoms with Crippen LogP contribution in [0.3, 0.4) is 0 Å². The molecule has 0 aliphatic carbocycles. The quantitative estimate of drug-likeness (QED) is 0.390. The Hall–Kier alpha value is -3.95. The molecule has 1 amide bonds. The molecule has 1 aromatic carbocycles. The summed E-state index contributed by atoms with van der Waals surface area (Å²) in [6.45, 7) is 3.29. The number of aromatic nitrogens is 3. The lowest BCUT2D eigenvalue weighted by atomic mass is 10.0. The molecular formula is C24H27FN8O3. The van der Waals surface area contributed by atoms with E-state index >= 15 is 4.39 Å². The molecule has 0 radical (unpaired) electrons. The van der Waals surface area contributed by atoms with Gasteiger partial charge in [0.05, 0.1) is 48.6 Å². The van der Waals surface area contributed by atoms with E-state index in [9.17, 15) is 10.1 Å². The molecule has 2 fully saturated rings. The van der Waals surface area contributed by atoms with Crippen molar-refractivity contribution in [3.05, 3.63) is 35.3 Å². The summed E-state index contributed by atoms with van der Waals surface area (Å²) in [5, 5.41) is 18.7. The zero-order chi connectivity index (χ0) is 25.2. The summed E-state index contributed by atoms with van der Waals surface area (Å²) in [6.07, 6.45) is 3.16. The van der Waals surface area contributed by atoms with Gasteiger partial charge in [0.2, 0.25) is 5.95 Å². The summed E-state index contributed by atoms with van der Waals surface area (Å²) in [6, 6.07) is 5.11. The average molecular weight is 495 g/mol. The number of halogens is 1. The molecule has 3 aromatic rings. The largest absolute Gasteiger partial charge is 0.495 e. The Kier molecular flexibility index (Phi) is 6.58. The fourth-order valence-corrected chi connectivity index (χ4v) is 4.58. The lowest BCUT2D eigenvalue weighted by Gasteiger charge is -2.41. The molecule has 11 nitrogen and oxygen atoms in total. The number of hydrogen-bond acceptors (Lipinski definition) is 9. The highest BCUT2D eigenvalue weighted by Crippen LogP contribution is 2.32. The second kappa shape index (κ2) is 9.96. The second-order valence-electron chi connectivity index (χ2n) is 8.82. The average Bonchev–Trinajstić information content (AvgIpc) is 3.27. The van der Waals surface area contributed by atoms with Crippen LogP contribution in [0.25, 0.3) is 11.0 Å². The topological polar surface area (TPSA) is 140 Å². The number of carbonyl (C=O) groups is 1. The van der Waals surface area contributed by atoms with Gasteiger partial charge in [0.1, 0.15) is 29.1 Å². The summed E-state index contributed by atoms with van der Waals surface area (Å²) >= 11 is 0. The number of methoxy groups -OCH3 is 1. The van der Waals surface area contributed by atoms with Crippen molar-refractivity contribution in [2.75, 3.05) is 51.1 Å². The first-order chi connectivity index (χ1) is 17.5. The first-order valence-electron chi connectivity index (χ1n) is 11.7. The van der Waals surface area contributed by atoms with E-state index in [0.29, 0.717) is 28.5 Å². The van der Waals surface area contributed by atoms with Crippen LogP contribution in [0.5, 0.6) is 5.75 Å². The number of aromatic amines is 1. The standard InChI is InChI=1S/C24H27FN8O3/c1-27-21-20-13(9-26)10-28-22(20)32-24(31-21)30-18-8-17(25)16(7-19(18)35-2)23(34)29-14-3-5-33(6-4-14)15-11-36-12-15/h7-8,10,14-15H,3-6,11-12H2,1-2H3,(H,29,34)(H3,27,28,30,31,32). The van der Waals surface area contributed by atoms with Crippen molar-refractivity contribution in [3.8, 4) is 11.8 Å². The van der Waals surface area contributed by atoms with Crippen LogP contribution in [-0.2, 0) is 4.74 Å². The van der Waals surface area contributed by atoms with Crippen LogP contribution in [0.1, 0.15) is 28.8 Å². The molecule has 2 aliphatic rings. The lowest BCUT2D eigenvalue weighted by Crippen LogP contribution is -2.54. The molecule has 0 saturated carbocycles. The van der Waals surface area contributed by atoms with Crippen molar-refractivity contribution >= 4 is 34.4 Å². The molecule has 188 valence electrons. The van der Waals surface area contributed by atoms with E-state index in [0.717, 1.165) is 39.1 Å². The number of ether oxygens (including phenoxy) is 2. The van der Waals surface area contributed by atoms with E-state index in [1.54, 1.807) is 13.2 Å². The summed E-state index contributed by atoms with van der Waals surface area (Å²) in [4.78, 5) is 27.0. The van der Waals surface area contributed by atoms with Gasteiger partial charge in [0, 0.05) is 38.4 Å². The number of benzene rings is 1. The van der Waals surface area contributed by atoms with E-state index < -0.39 is 11.7 Å². The Bertz CT molecular complexity index is 1330. The number of nitriles is 1. The third-order valence-electron chi connectivity index (χ3n) is 6.67. The predicted molar refractivity (Wildman–Crippen MR) is 131 cm³/mol. The first kappa shape index (κ1) is 23.8. The van der Waals surface area contributed by atoms with Gasteiger partial charge in [-0.25, -0.2) is 4.39 Å². The van der Waals surface area contributed by atoms with Crippen LogP contribution in [0, 0.1) is 17.1 Å². The number of anilines is 3. The smallest absolute Gasteiger partial charge is 0.254 e. The number of nitrogens with zero attached hydrogens (tertiary/aromatic N) is 4. The third kappa shape index (κ3) is 4.50. The monoisotopic (exact) mass is 494 g/mol. The van der Waals surface area contributed by atoms with Gasteiger partial charge < -0.3 is 30.4 Å². The number of fused-ring (bicyclic) bond motifs is 1. The molecule has 5 rings (SSSR count). The predicted octanol–water partition coefficient (Wildman–Crippen LogP) is 2.36. The van der Waals surface area contributed by atoms with Gasteiger partial charge in [0.25, 0.3) is 5.91 Å². The fourth-order valence-electron chi connectivity index (χ4n) is 4.58. The van der Waals surface area contributed by atoms with Gasteiger partial charge in [-0.05, 0) is 18.9 Å². The molecule has 0 atom stereocenters. The number of H-pyrrole nitrogens is 1. The molecule has 2 aromatic heterocycles. The highest BCUT2D eigenvalue weighted by Gasteiger charge is 2.30. The van der Waals surface area contributed by atoms with Crippen LogP contribution in [0.4, 0.5) is 21.8 Å². The number of hydrogen-bond donors (Lipinski definition) is 4. The van der Waals surface area contributed by atoms with E-state index in [-0.39, 0.29) is 29.0 Å². The summed E-state index contributed by atoms with van der Waals surface area (Å²) < 4.78 is 25.8. The number of carbonyl (C=O) groups excluding carboxylic acids is 1. The summed E-state index contributed by atoms with van der Waals surface area (Å²) in [7, 11) is 3.12. The normalized spacial score (nSPS) is 16.8.